The molecule has 0 bridgehead atoms. The second kappa shape index (κ2) is 7.61. The third kappa shape index (κ3) is 5.17. The monoisotopic (exact) mass is 299 g/mol. The first-order chi connectivity index (χ1) is 10.0. The molecule has 7 heteroatoms. The molecule has 2 aliphatic rings. The third-order valence-electron chi connectivity index (χ3n) is 4.05. The van der Waals surface area contributed by atoms with Crippen molar-refractivity contribution in [2.24, 2.45) is 0 Å². The molecule has 7 nitrogen and oxygen atoms in total. The van der Waals surface area contributed by atoms with Gasteiger partial charge in [0, 0.05) is 38.8 Å². The Morgan fingerprint density at radius 2 is 2.10 bits per heavy atom. The average molecular weight is 299 g/mol. The lowest BCUT2D eigenvalue weighted by molar-refractivity contribution is -0.138. The van der Waals surface area contributed by atoms with E-state index in [1.54, 1.807) is 4.90 Å². The van der Waals surface area contributed by atoms with E-state index in [4.69, 9.17) is 9.84 Å². The van der Waals surface area contributed by atoms with Crippen LogP contribution in [0.15, 0.2) is 0 Å². The van der Waals surface area contributed by atoms with E-state index in [-0.39, 0.29) is 24.7 Å². The number of nitrogens with one attached hydrogen (secondary N) is 1. The van der Waals surface area contributed by atoms with Crippen LogP contribution in [0.3, 0.4) is 0 Å². The lowest BCUT2D eigenvalue weighted by atomic mass is 10.0. The van der Waals surface area contributed by atoms with Crippen molar-refractivity contribution in [1.82, 2.24) is 15.1 Å². The summed E-state index contributed by atoms with van der Waals surface area (Å²) < 4.78 is 5.48. The second-order valence-electron chi connectivity index (χ2n) is 5.86. The van der Waals surface area contributed by atoms with Crippen LogP contribution in [-0.2, 0) is 9.53 Å². The van der Waals surface area contributed by atoms with Crippen molar-refractivity contribution in [3.63, 3.8) is 0 Å². The SMILES string of the molecule is CC1CC(NC(=O)N2CCCN(CC(=O)O)CC2)CCO1. The molecule has 21 heavy (non-hydrogen) atoms. The normalized spacial score (nSPS) is 28.0. The van der Waals surface area contributed by atoms with E-state index in [0.717, 1.165) is 25.8 Å². The number of carboxylic acids is 1. The molecule has 0 aromatic heterocycles. The maximum absolute atomic E-state index is 12.3. The van der Waals surface area contributed by atoms with Crippen LogP contribution in [0.5, 0.6) is 0 Å². The van der Waals surface area contributed by atoms with Crippen LogP contribution in [0.1, 0.15) is 26.2 Å². The number of carbonyl (C=O) groups is 2. The minimum absolute atomic E-state index is 0.0359. The molecule has 0 saturated carbocycles. The fourth-order valence-electron chi connectivity index (χ4n) is 2.92. The summed E-state index contributed by atoms with van der Waals surface area (Å²) in [7, 11) is 0. The molecule has 2 saturated heterocycles. The van der Waals surface area contributed by atoms with Crippen molar-refractivity contribution in [2.45, 2.75) is 38.3 Å². The molecule has 0 aromatic carbocycles. The van der Waals surface area contributed by atoms with Crippen LogP contribution >= 0.6 is 0 Å². The summed E-state index contributed by atoms with van der Waals surface area (Å²) in [4.78, 5) is 26.7. The standard InChI is InChI=1S/C14H25N3O4/c1-11-9-12(3-8-21-11)15-14(20)17-5-2-4-16(6-7-17)10-13(18)19/h11-12H,2-10H2,1H3,(H,15,20)(H,18,19). The molecule has 2 heterocycles. The fraction of sp³-hybridized carbons (Fsp3) is 0.857. The number of nitrogens with zero attached hydrogens (tertiary/aromatic N) is 2. The number of hydrogen-bond acceptors (Lipinski definition) is 4. The van der Waals surface area contributed by atoms with Crippen molar-refractivity contribution in [2.75, 3.05) is 39.3 Å². The summed E-state index contributed by atoms with van der Waals surface area (Å²) in [5.41, 5.74) is 0. The lowest BCUT2D eigenvalue weighted by Crippen LogP contribution is -2.48. The molecule has 0 spiro atoms. The molecule has 2 atom stereocenters. The predicted molar refractivity (Wildman–Crippen MR) is 77.2 cm³/mol. The van der Waals surface area contributed by atoms with E-state index < -0.39 is 5.97 Å². The van der Waals surface area contributed by atoms with Crippen LogP contribution < -0.4 is 5.32 Å². The molecular formula is C14H25N3O4. The molecule has 0 aliphatic carbocycles. The first kappa shape index (κ1) is 16.0. The number of ether oxygens (including phenoxy) is 1. The highest BCUT2D eigenvalue weighted by Crippen LogP contribution is 2.14. The van der Waals surface area contributed by atoms with Gasteiger partial charge in [0.15, 0.2) is 0 Å². The first-order valence-corrected chi connectivity index (χ1v) is 7.66. The van der Waals surface area contributed by atoms with Gasteiger partial charge in [0.25, 0.3) is 0 Å². The van der Waals surface area contributed by atoms with Gasteiger partial charge in [-0.2, -0.15) is 0 Å². The molecule has 2 aliphatic heterocycles. The Labute approximate surface area is 125 Å². The van der Waals surface area contributed by atoms with Gasteiger partial charge < -0.3 is 20.1 Å². The van der Waals surface area contributed by atoms with E-state index in [1.807, 2.05) is 11.8 Å². The van der Waals surface area contributed by atoms with Crippen LogP contribution in [0.4, 0.5) is 4.79 Å². The van der Waals surface area contributed by atoms with Gasteiger partial charge in [-0.05, 0) is 26.2 Å². The number of carboxylic acid groups (broad SMARTS) is 1. The van der Waals surface area contributed by atoms with Crippen molar-refractivity contribution < 1.29 is 19.4 Å². The zero-order valence-corrected chi connectivity index (χ0v) is 12.6. The van der Waals surface area contributed by atoms with E-state index in [0.29, 0.717) is 26.2 Å². The molecule has 2 fully saturated rings. The number of hydrogen-bond donors (Lipinski definition) is 2. The van der Waals surface area contributed by atoms with Gasteiger partial charge in [0.05, 0.1) is 12.6 Å². The van der Waals surface area contributed by atoms with Crippen LogP contribution in [-0.4, -0.2) is 78.4 Å². The Kier molecular flexibility index (Phi) is 5.81. The summed E-state index contributed by atoms with van der Waals surface area (Å²) >= 11 is 0. The Bertz CT molecular complexity index is 377. The van der Waals surface area contributed by atoms with Crippen molar-refractivity contribution in [3.05, 3.63) is 0 Å². The summed E-state index contributed by atoms with van der Waals surface area (Å²) in [5, 5.41) is 11.9. The number of amides is 2. The van der Waals surface area contributed by atoms with Crippen molar-refractivity contribution in [3.8, 4) is 0 Å². The van der Waals surface area contributed by atoms with E-state index in [2.05, 4.69) is 5.32 Å². The first-order valence-electron chi connectivity index (χ1n) is 7.66. The quantitative estimate of drug-likeness (QED) is 0.786. The molecule has 2 unspecified atom stereocenters. The van der Waals surface area contributed by atoms with Crippen LogP contribution in [0.2, 0.25) is 0 Å². The molecule has 2 rings (SSSR count). The molecule has 0 aromatic rings. The third-order valence-corrected chi connectivity index (χ3v) is 4.05. The van der Waals surface area contributed by atoms with Gasteiger partial charge >= 0.3 is 12.0 Å². The molecule has 2 N–H and O–H groups in total. The number of rotatable bonds is 3. The number of aliphatic carboxylic acids is 1. The van der Waals surface area contributed by atoms with Gasteiger partial charge in [-0.15, -0.1) is 0 Å². The van der Waals surface area contributed by atoms with E-state index in [9.17, 15) is 9.59 Å². The Morgan fingerprint density at radius 3 is 2.81 bits per heavy atom. The molecular weight excluding hydrogens is 274 g/mol. The Morgan fingerprint density at radius 1 is 1.29 bits per heavy atom. The zero-order valence-electron chi connectivity index (χ0n) is 12.6. The predicted octanol–water partition coefficient (Wildman–Crippen LogP) is 0.356. The largest absolute Gasteiger partial charge is 0.480 e. The van der Waals surface area contributed by atoms with Gasteiger partial charge in [0.2, 0.25) is 0 Å². The minimum Gasteiger partial charge on any atom is -0.480 e. The average Bonchev–Trinajstić information content (AvgIpc) is 2.63. The van der Waals surface area contributed by atoms with E-state index >= 15 is 0 Å². The van der Waals surface area contributed by atoms with Crippen LogP contribution in [0.25, 0.3) is 0 Å². The minimum atomic E-state index is -0.816. The maximum atomic E-state index is 12.3. The Balaban J connectivity index is 1.78. The molecule has 2 amide bonds. The maximum Gasteiger partial charge on any atom is 0.317 e. The topological polar surface area (TPSA) is 82.1 Å². The van der Waals surface area contributed by atoms with Gasteiger partial charge in [0.1, 0.15) is 0 Å². The van der Waals surface area contributed by atoms with Gasteiger partial charge in [-0.1, -0.05) is 0 Å². The smallest absolute Gasteiger partial charge is 0.317 e. The highest BCUT2D eigenvalue weighted by molar-refractivity contribution is 5.74. The summed E-state index contributed by atoms with van der Waals surface area (Å²) in [6.07, 6.45) is 2.71. The van der Waals surface area contributed by atoms with Crippen LogP contribution in [0, 0.1) is 0 Å². The van der Waals surface area contributed by atoms with Gasteiger partial charge in [-0.25, -0.2) is 4.79 Å². The summed E-state index contributed by atoms with van der Waals surface area (Å²) in [5.74, 6) is -0.816. The molecule has 120 valence electrons. The highest BCUT2D eigenvalue weighted by Gasteiger charge is 2.25. The second-order valence-corrected chi connectivity index (χ2v) is 5.86. The summed E-state index contributed by atoms with van der Waals surface area (Å²) in [6.45, 7) is 5.37. The summed E-state index contributed by atoms with van der Waals surface area (Å²) in [6, 6.07) is 0.144. The lowest BCUT2D eigenvalue weighted by Gasteiger charge is -2.30. The zero-order chi connectivity index (χ0) is 15.2. The molecule has 0 radical (unpaired) electrons. The number of urea groups is 1. The number of carbonyl (C=O) groups excluding carboxylic acids is 1. The van der Waals surface area contributed by atoms with E-state index in [1.165, 1.54) is 0 Å². The van der Waals surface area contributed by atoms with Crippen molar-refractivity contribution >= 4 is 12.0 Å². The Hall–Kier alpha value is -1.34. The van der Waals surface area contributed by atoms with Crippen molar-refractivity contribution in [1.29, 1.82) is 0 Å². The fourth-order valence-corrected chi connectivity index (χ4v) is 2.92. The highest BCUT2D eigenvalue weighted by atomic mass is 16.5. The van der Waals surface area contributed by atoms with Gasteiger partial charge in [-0.3, -0.25) is 9.69 Å².